The highest BCUT2D eigenvalue weighted by Crippen LogP contribution is 2.18. The van der Waals surface area contributed by atoms with E-state index in [0.717, 1.165) is 31.9 Å². The molecule has 1 aromatic rings. The summed E-state index contributed by atoms with van der Waals surface area (Å²) in [7, 11) is 1.73. The minimum absolute atomic E-state index is 0.530. The van der Waals surface area contributed by atoms with E-state index in [0.29, 0.717) is 12.0 Å². The smallest absolute Gasteiger partial charge is 0.122 e. The van der Waals surface area contributed by atoms with Gasteiger partial charge in [0.25, 0.3) is 0 Å². The van der Waals surface area contributed by atoms with E-state index in [2.05, 4.69) is 24.4 Å². The molecule has 1 aromatic carbocycles. The van der Waals surface area contributed by atoms with Crippen LogP contribution in [0.3, 0.4) is 0 Å². The number of rotatable bonds is 6. The van der Waals surface area contributed by atoms with E-state index in [9.17, 15) is 0 Å². The number of para-hydroxylation sites is 1. The van der Waals surface area contributed by atoms with Crippen LogP contribution in [0, 0.1) is 5.92 Å². The molecule has 2 unspecified atom stereocenters. The number of nitrogens with one attached hydrogen (secondary N) is 1. The quantitative estimate of drug-likeness (QED) is 0.839. The first-order chi connectivity index (χ1) is 8.81. The molecule has 0 spiro atoms. The Bertz CT molecular complexity index is 361. The van der Waals surface area contributed by atoms with Crippen LogP contribution in [-0.4, -0.2) is 32.9 Å². The van der Waals surface area contributed by atoms with E-state index in [1.807, 2.05) is 12.1 Å². The maximum absolute atomic E-state index is 5.42. The summed E-state index contributed by atoms with van der Waals surface area (Å²) in [5.41, 5.74) is 1.27. The standard InChI is InChI=1S/C15H23NO2/c1-12(14-8-10-18-11-14)16-9-7-13-5-3-4-6-15(13)17-2/h3-6,12,14,16H,7-11H2,1-2H3. The van der Waals surface area contributed by atoms with Gasteiger partial charge in [-0.05, 0) is 43.9 Å². The van der Waals surface area contributed by atoms with Gasteiger partial charge in [-0.25, -0.2) is 0 Å². The summed E-state index contributed by atoms with van der Waals surface area (Å²) in [5, 5.41) is 3.59. The average Bonchev–Trinajstić information content (AvgIpc) is 2.93. The molecule has 1 heterocycles. The summed E-state index contributed by atoms with van der Waals surface area (Å²) >= 11 is 0. The van der Waals surface area contributed by atoms with Gasteiger partial charge in [-0.2, -0.15) is 0 Å². The van der Waals surface area contributed by atoms with Crippen molar-refractivity contribution in [2.45, 2.75) is 25.8 Å². The lowest BCUT2D eigenvalue weighted by atomic mass is 10.0. The Hall–Kier alpha value is -1.06. The molecule has 18 heavy (non-hydrogen) atoms. The molecule has 0 radical (unpaired) electrons. The molecule has 3 nitrogen and oxygen atoms in total. The lowest BCUT2D eigenvalue weighted by Gasteiger charge is -2.19. The van der Waals surface area contributed by atoms with E-state index in [1.165, 1.54) is 12.0 Å². The molecule has 0 amide bonds. The highest BCUT2D eigenvalue weighted by Gasteiger charge is 2.21. The number of hydrogen-bond acceptors (Lipinski definition) is 3. The van der Waals surface area contributed by atoms with Crippen LogP contribution >= 0.6 is 0 Å². The average molecular weight is 249 g/mol. The monoisotopic (exact) mass is 249 g/mol. The number of hydrogen-bond donors (Lipinski definition) is 1. The van der Waals surface area contributed by atoms with E-state index in [1.54, 1.807) is 7.11 Å². The Kier molecular flexibility index (Phi) is 5.02. The third kappa shape index (κ3) is 3.47. The number of methoxy groups -OCH3 is 1. The molecule has 0 aromatic heterocycles. The topological polar surface area (TPSA) is 30.5 Å². The van der Waals surface area contributed by atoms with Crippen LogP contribution in [0.4, 0.5) is 0 Å². The molecule has 1 aliphatic rings. The fourth-order valence-corrected chi connectivity index (χ4v) is 2.46. The minimum Gasteiger partial charge on any atom is -0.496 e. The zero-order chi connectivity index (χ0) is 12.8. The van der Waals surface area contributed by atoms with Gasteiger partial charge in [-0.3, -0.25) is 0 Å². The summed E-state index contributed by atoms with van der Waals surface area (Å²) < 4.78 is 10.8. The summed E-state index contributed by atoms with van der Waals surface area (Å²) in [5.74, 6) is 1.65. The first-order valence-corrected chi connectivity index (χ1v) is 6.74. The van der Waals surface area contributed by atoms with Crippen molar-refractivity contribution in [2.75, 3.05) is 26.9 Å². The Morgan fingerprint density at radius 1 is 1.44 bits per heavy atom. The van der Waals surface area contributed by atoms with Gasteiger partial charge in [0.05, 0.1) is 13.7 Å². The predicted octanol–water partition coefficient (Wildman–Crippen LogP) is 2.25. The first-order valence-electron chi connectivity index (χ1n) is 6.74. The first kappa shape index (κ1) is 13.4. The van der Waals surface area contributed by atoms with E-state index >= 15 is 0 Å². The third-order valence-electron chi connectivity index (χ3n) is 3.73. The molecule has 1 aliphatic heterocycles. The SMILES string of the molecule is COc1ccccc1CCNC(C)C1CCOC1. The number of benzene rings is 1. The van der Waals surface area contributed by atoms with Gasteiger partial charge < -0.3 is 14.8 Å². The predicted molar refractivity (Wildman–Crippen MR) is 73.1 cm³/mol. The summed E-state index contributed by atoms with van der Waals surface area (Å²) in [6.45, 7) is 5.06. The van der Waals surface area contributed by atoms with Gasteiger partial charge in [-0.15, -0.1) is 0 Å². The maximum atomic E-state index is 5.42. The summed E-state index contributed by atoms with van der Waals surface area (Å²) in [6.07, 6.45) is 2.19. The van der Waals surface area contributed by atoms with Gasteiger partial charge in [-0.1, -0.05) is 18.2 Å². The molecular formula is C15H23NO2. The molecule has 1 N–H and O–H groups in total. The molecule has 1 saturated heterocycles. The molecule has 1 fully saturated rings. The fourth-order valence-electron chi connectivity index (χ4n) is 2.46. The Labute approximate surface area is 109 Å². The molecule has 0 aliphatic carbocycles. The molecule has 0 saturated carbocycles. The van der Waals surface area contributed by atoms with Crippen LogP contribution in [0.15, 0.2) is 24.3 Å². The van der Waals surface area contributed by atoms with Gasteiger partial charge in [0, 0.05) is 12.6 Å². The van der Waals surface area contributed by atoms with Crippen molar-refractivity contribution in [3.63, 3.8) is 0 Å². The molecular weight excluding hydrogens is 226 g/mol. The van der Waals surface area contributed by atoms with Crippen LogP contribution in [0.2, 0.25) is 0 Å². The van der Waals surface area contributed by atoms with Crippen molar-refractivity contribution in [1.82, 2.24) is 5.32 Å². The van der Waals surface area contributed by atoms with E-state index in [4.69, 9.17) is 9.47 Å². The second-order valence-corrected chi connectivity index (χ2v) is 4.93. The number of ether oxygens (including phenoxy) is 2. The van der Waals surface area contributed by atoms with Crippen molar-refractivity contribution in [2.24, 2.45) is 5.92 Å². The van der Waals surface area contributed by atoms with Crippen LogP contribution < -0.4 is 10.1 Å². The zero-order valence-electron chi connectivity index (χ0n) is 11.3. The lowest BCUT2D eigenvalue weighted by molar-refractivity contribution is 0.178. The Morgan fingerprint density at radius 2 is 2.28 bits per heavy atom. The van der Waals surface area contributed by atoms with Gasteiger partial charge in [0.2, 0.25) is 0 Å². The molecule has 100 valence electrons. The van der Waals surface area contributed by atoms with Crippen molar-refractivity contribution < 1.29 is 9.47 Å². The van der Waals surface area contributed by atoms with Crippen molar-refractivity contribution in [3.05, 3.63) is 29.8 Å². The van der Waals surface area contributed by atoms with Gasteiger partial charge in [0.15, 0.2) is 0 Å². The molecule has 2 rings (SSSR count). The summed E-state index contributed by atoms with van der Waals surface area (Å²) in [4.78, 5) is 0. The van der Waals surface area contributed by atoms with Crippen molar-refractivity contribution in [1.29, 1.82) is 0 Å². The van der Waals surface area contributed by atoms with Gasteiger partial charge in [0.1, 0.15) is 5.75 Å². The molecule has 3 heteroatoms. The van der Waals surface area contributed by atoms with E-state index in [-0.39, 0.29) is 0 Å². The van der Waals surface area contributed by atoms with Crippen LogP contribution in [0.1, 0.15) is 18.9 Å². The lowest BCUT2D eigenvalue weighted by Crippen LogP contribution is -2.35. The summed E-state index contributed by atoms with van der Waals surface area (Å²) in [6, 6.07) is 8.75. The highest BCUT2D eigenvalue weighted by molar-refractivity contribution is 5.33. The van der Waals surface area contributed by atoms with Crippen molar-refractivity contribution >= 4 is 0 Å². The normalized spacial score (nSPS) is 20.9. The Balaban J connectivity index is 1.77. The van der Waals surface area contributed by atoms with Crippen LogP contribution in [0.25, 0.3) is 0 Å². The van der Waals surface area contributed by atoms with Crippen molar-refractivity contribution in [3.8, 4) is 5.75 Å². The minimum atomic E-state index is 0.530. The Morgan fingerprint density at radius 3 is 3.00 bits per heavy atom. The largest absolute Gasteiger partial charge is 0.496 e. The van der Waals surface area contributed by atoms with Crippen LogP contribution in [-0.2, 0) is 11.2 Å². The van der Waals surface area contributed by atoms with Gasteiger partial charge >= 0.3 is 0 Å². The van der Waals surface area contributed by atoms with E-state index < -0.39 is 0 Å². The molecule has 2 atom stereocenters. The second kappa shape index (κ2) is 6.76. The highest BCUT2D eigenvalue weighted by atomic mass is 16.5. The molecule has 0 bridgehead atoms. The maximum Gasteiger partial charge on any atom is 0.122 e. The third-order valence-corrected chi connectivity index (χ3v) is 3.73. The second-order valence-electron chi connectivity index (χ2n) is 4.93. The zero-order valence-corrected chi connectivity index (χ0v) is 11.3. The van der Waals surface area contributed by atoms with Crippen LogP contribution in [0.5, 0.6) is 5.75 Å². The fraction of sp³-hybridized carbons (Fsp3) is 0.600.